The zero-order valence-electron chi connectivity index (χ0n) is 13.4. The summed E-state index contributed by atoms with van der Waals surface area (Å²) in [6, 6.07) is 4.02. The van der Waals surface area contributed by atoms with Gasteiger partial charge in [-0.3, -0.25) is 4.79 Å². The van der Waals surface area contributed by atoms with E-state index in [-0.39, 0.29) is 5.56 Å². The summed E-state index contributed by atoms with van der Waals surface area (Å²) < 4.78 is 47.8. The van der Waals surface area contributed by atoms with E-state index in [4.69, 9.17) is 0 Å². The molecule has 0 spiro atoms. The van der Waals surface area contributed by atoms with Gasteiger partial charge in [0.15, 0.2) is 0 Å². The Bertz CT molecular complexity index is 738. The van der Waals surface area contributed by atoms with E-state index in [1.165, 1.54) is 0 Å². The number of carboxylic acids is 1. The lowest BCUT2D eigenvalue weighted by molar-refractivity contribution is -0.145. The molecule has 0 atom stereocenters. The molecule has 1 aliphatic rings. The zero-order valence-corrected chi connectivity index (χ0v) is 14.2. The Labute approximate surface area is 144 Å². The van der Waals surface area contributed by atoms with Gasteiger partial charge in [0.05, 0.1) is 4.90 Å². The number of carbonyl (C=O) groups excluding carboxylic acids is 1. The van der Waals surface area contributed by atoms with Crippen LogP contribution in [-0.2, 0) is 14.6 Å². The van der Waals surface area contributed by atoms with E-state index in [9.17, 15) is 31.9 Å². The molecule has 138 valence electrons. The van der Waals surface area contributed by atoms with E-state index < -0.39 is 37.9 Å². The molecule has 6 nitrogen and oxygen atoms in total. The molecule has 1 saturated carbocycles. The number of nitrogens with one attached hydrogen (secondary N) is 1. The minimum Gasteiger partial charge on any atom is -0.480 e. The van der Waals surface area contributed by atoms with E-state index in [0.29, 0.717) is 25.7 Å². The van der Waals surface area contributed by atoms with E-state index in [0.717, 1.165) is 37.1 Å². The normalized spacial score (nSPS) is 17.7. The van der Waals surface area contributed by atoms with Crippen molar-refractivity contribution in [3.05, 3.63) is 29.8 Å². The van der Waals surface area contributed by atoms with Crippen LogP contribution >= 0.6 is 0 Å². The second kappa shape index (κ2) is 7.47. The van der Waals surface area contributed by atoms with Crippen LogP contribution in [0.3, 0.4) is 0 Å². The molecule has 1 fully saturated rings. The third-order valence-corrected chi connectivity index (χ3v) is 5.80. The Morgan fingerprint density at radius 1 is 1.04 bits per heavy atom. The predicted molar refractivity (Wildman–Crippen MR) is 85.2 cm³/mol. The number of carbonyl (C=O) groups is 2. The first-order valence-corrected chi connectivity index (χ1v) is 9.42. The third-order valence-electron chi connectivity index (χ3n) is 4.40. The molecule has 0 bridgehead atoms. The van der Waals surface area contributed by atoms with Crippen LogP contribution in [0.1, 0.15) is 48.9 Å². The Balaban J connectivity index is 2.21. The fourth-order valence-electron chi connectivity index (χ4n) is 2.91. The lowest BCUT2D eigenvalue weighted by Gasteiger charge is -2.29. The molecule has 1 aromatic rings. The Morgan fingerprint density at radius 3 is 2.00 bits per heavy atom. The largest absolute Gasteiger partial charge is 0.480 e. The van der Waals surface area contributed by atoms with Gasteiger partial charge in [-0.05, 0) is 37.1 Å². The minimum absolute atomic E-state index is 0.0121. The number of amides is 1. The van der Waals surface area contributed by atoms with Crippen molar-refractivity contribution < 1.29 is 31.9 Å². The Hall–Kier alpha value is -2.03. The number of alkyl halides is 2. The van der Waals surface area contributed by atoms with Crippen molar-refractivity contribution in [2.45, 2.75) is 54.7 Å². The van der Waals surface area contributed by atoms with Crippen LogP contribution in [0.2, 0.25) is 0 Å². The summed E-state index contributed by atoms with van der Waals surface area (Å²) in [5, 5.41) is 12.1. The molecule has 9 heteroatoms. The summed E-state index contributed by atoms with van der Waals surface area (Å²) >= 11 is 0. The summed E-state index contributed by atoms with van der Waals surface area (Å²) in [7, 11) is -4.74. The van der Waals surface area contributed by atoms with Crippen molar-refractivity contribution in [2.75, 3.05) is 0 Å². The Kier molecular flexibility index (Phi) is 5.76. The summed E-state index contributed by atoms with van der Waals surface area (Å²) in [4.78, 5) is 23.4. The summed E-state index contributed by atoms with van der Waals surface area (Å²) in [6.45, 7) is 0. The third kappa shape index (κ3) is 4.15. The predicted octanol–water partition coefficient (Wildman–Crippen LogP) is 2.59. The second-order valence-corrected chi connectivity index (χ2v) is 8.00. The average Bonchev–Trinajstić information content (AvgIpc) is 2.81. The molecule has 2 N–H and O–H groups in total. The van der Waals surface area contributed by atoms with Gasteiger partial charge in [-0.2, -0.15) is 8.78 Å². The van der Waals surface area contributed by atoms with Crippen molar-refractivity contribution >= 4 is 21.7 Å². The summed E-state index contributed by atoms with van der Waals surface area (Å²) in [5.41, 5.74) is -1.35. The number of hydrogen-bond donors (Lipinski definition) is 2. The Morgan fingerprint density at radius 2 is 1.56 bits per heavy atom. The molecule has 1 aromatic carbocycles. The first-order chi connectivity index (χ1) is 11.7. The van der Waals surface area contributed by atoms with Crippen LogP contribution in [-0.4, -0.2) is 36.7 Å². The van der Waals surface area contributed by atoms with Crippen LogP contribution in [0.25, 0.3) is 0 Å². The van der Waals surface area contributed by atoms with E-state index in [2.05, 4.69) is 5.32 Å². The standard InChI is InChI=1S/C16H19F2NO5S/c17-15(18)25(23,24)12-7-5-11(6-8-12)13(20)19-16(14(21)22)9-3-1-2-4-10-16/h5-8,15H,1-4,9-10H2,(H,19,20)(H,21,22). The number of hydrogen-bond acceptors (Lipinski definition) is 4. The van der Waals surface area contributed by atoms with Crippen LogP contribution in [0.15, 0.2) is 29.2 Å². The maximum Gasteiger partial charge on any atom is 0.341 e. The van der Waals surface area contributed by atoms with Crippen LogP contribution in [0, 0.1) is 0 Å². The number of carboxylic acid groups (broad SMARTS) is 1. The maximum absolute atomic E-state index is 12.5. The van der Waals surface area contributed by atoms with E-state index in [1.807, 2.05) is 0 Å². The minimum atomic E-state index is -4.74. The molecular weight excluding hydrogens is 356 g/mol. The van der Waals surface area contributed by atoms with Gasteiger partial charge in [0.1, 0.15) is 5.54 Å². The highest BCUT2D eigenvalue weighted by Crippen LogP contribution is 2.28. The fourth-order valence-corrected chi connectivity index (χ4v) is 3.63. The lowest BCUT2D eigenvalue weighted by Crippen LogP contribution is -2.54. The fraction of sp³-hybridized carbons (Fsp3) is 0.500. The monoisotopic (exact) mass is 375 g/mol. The number of aliphatic carboxylic acids is 1. The molecule has 0 aromatic heterocycles. The quantitative estimate of drug-likeness (QED) is 0.771. The van der Waals surface area contributed by atoms with Crippen LogP contribution in [0.5, 0.6) is 0 Å². The molecule has 2 rings (SSSR count). The van der Waals surface area contributed by atoms with Gasteiger partial charge >= 0.3 is 11.7 Å². The molecule has 1 aliphatic carbocycles. The van der Waals surface area contributed by atoms with Gasteiger partial charge < -0.3 is 10.4 Å². The molecule has 0 aliphatic heterocycles. The average molecular weight is 375 g/mol. The molecule has 25 heavy (non-hydrogen) atoms. The smallest absolute Gasteiger partial charge is 0.341 e. The van der Waals surface area contributed by atoms with Gasteiger partial charge in [0.25, 0.3) is 5.91 Å². The van der Waals surface area contributed by atoms with Gasteiger partial charge in [0.2, 0.25) is 9.84 Å². The second-order valence-electron chi connectivity index (χ2n) is 6.09. The van der Waals surface area contributed by atoms with Crippen molar-refractivity contribution in [1.82, 2.24) is 5.32 Å². The molecule has 0 radical (unpaired) electrons. The molecule has 0 heterocycles. The molecular formula is C16H19F2NO5S. The van der Waals surface area contributed by atoms with Crippen molar-refractivity contribution in [3.8, 4) is 0 Å². The molecule has 0 unspecified atom stereocenters. The van der Waals surface area contributed by atoms with Crippen molar-refractivity contribution in [2.24, 2.45) is 0 Å². The van der Waals surface area contributed by atoms with E-state index >= 15 is 0 Å². The number of halogens is 2. The highest BCUT2D eigenvalue weighted by Gasteiger charge is 2.40. The summed E-state index contributed by atoms with van der Waals surface area (Å²) in [5.74, 6) is -5.33. The summed E-state index contributed by atoms with van der Waals surface area (Å²) in [6.07, 6.45) is 3.77. The topological polar surface area (TPSA) is 101 Å². The van der Waals surface area contributed by atoms with Gasteiger partial charge in [0, 0.05) is 5.56 Å². The van der Waals surface area contributed by atoms with E-state index in [1.54, 1.807) is 0 Å². The van der Waals surface area contributed by atoms with Crippen LogP contribution < -0.4 is 5.32 Å². The first kappa shape index (κ1) is 19.3. The van der Waals surface area contributed by atoms with Gasteiger partial charge in [-0.1, -0.05) is 25.7 Å². The highest BCUT2D eigenvalue weighted by molar-refractivity contribution is 7.91. The number of rotatable bonds is 5. The SMILES string of the molecule is O=C(NC1(C(=O)O)CCCCCC1)c1ccc(S(=O)(=O)C(F)F)cc1. The number of sulfone groups is 1. The first-order valence-electron chi connectivity index (χ1n) is 7.87. The highest BCUT2D eigenvalue weighted by atomic mass is 32.2. The van der Waals surface area contributed by atoms with Gasteiger partial charge in [-0.25, -0.2) is 13.2 Å². The van der Waals surface area contributed by atoms with Crippen LogP contribution in [0.4, 0.5) is 8.78 Å². The van der Waals surface area contributed by atoms with Crippen molar-refractivity contribution in [1.29, 1.82) is 0 Å². The number of benzene rings is 1. The maximum atomic E-state index is 12.5. The lowest BCUT2D eigenvalue weighted by atomic mass is 9.90. The van der Waals surface area contributed by atoms with Gasteiger partial charge in [-0.15, -0.1) is 0 Å². The molecule has 1 amide bonds. The van der Waals surface area contributed by atoms with Crippen molar-refractivity contribution in [3.63, 3.8) is 0 Å². The zero-order chi connectivity index (χ0) is 18.7. The molecule has 0 saturated heterocycles.